The first-order valence-electron chi connectivity index (χ1n) is 25.9. The molecule has 0 unspecified atom stereocenters. The summed E-state index contributed by atoms with van der Waals surface area (Å²) < 4.78 is 7.66. The molecular formula is C64H52N5PS. The number of para-hydroxylation sites is 2. The number of rotatable bonds is 6. The summed E-state index contributed by atoms with van der Waals surface area (Å²) in [5.41, 5.74) is 11.3. The first kappa shape index (κ1) is 41.7. The molecule has 5 heterocycles. The van der Waals surface area contributed by atoms with E-state index in [4.69, 9.17) is 9.97 Å². The minimum Gasteiger partial charge on any atom is -0.309 e. The SMILES string of the molecule is c1ccc(P2c3ccccc3N(c3nccc(-n4c5ccc(C6CCCCC6)cc5c5cc6c(cc54)c4cc(C5CCCCC5)ccc4n6-c4ccc5c(c4)sc4ccccc45)n3)c3ccccc32)cc1. The third kappa shape index (κ3) is 6.68. The van der Waals surface area contributed by atoms with Crippen LogP contribution in [0.3, 0.4) is 0 Å². The van der Waals surface area contributed by atoms with Gasteiger partial charge in [0.25, 0.3) is 0 Å². The smallest absolute Gasteiger partial charge is 0.236 e. The van der Waals surface area contributed by atoms with Crippen LogP contribution in [0, 0.1) is 0 Å². The van der Waals surface area contributed by atoms with Gasteiger partial charge in [-0.05, 0) is 135 Å². The molecule has 0 N–H and O–H groups in total. The monoisotopic (exact) mass is 953 g/mol. The highest BCUT2D eigenvalue weighted by molar-refractivity contribution is 7.80. The largest absolute Gasteiger partial charge is 0.309 e. The molecule has 0 radical (unpaired) electrons. The zero-order valence-electron chi connectivity index (χ0n) is 39.6. The van der Waals surface area contributed by atoms with E-state index in [0.29, 0.717) is 17.8 Å². The van der Waals surface area contributed by atoms with Crippen molar-refractivity contribution >= 4 is 116 Å². The lowest BCUT2D eigenvalue weighted by Gasteiger charge is -2.36. The molecule has 8 aromatic carbocycles. The summed E-state index contributed by atoms with van der Waals surface area (Å²) >= 11 is 1.90. The Morgan fingerprint density at radius 1 is 0.437 bits per heavy atom. The Hall–Kier alpha value is -7.11. The third-order valence-corrected chi connectivity index (χ3v) is 19.9. The van der Waals surface area contributed by atoms with E-state index >= 15 is 0 Å². The van der Waals surface area contributed by atoms with Crippen LogP contribution in [0.2, 0.25) is 0 Å². The second-order valence-corrected chi connectivity index (χ2v) is 23.5. The van der Waals surface area contributed by atoms with Gasteiger partial charge in [-0.2, -0.15) is 4.98 Å². The van der Waals surface area contributed by atoms with E-state index in [-0.39, 0.29) is 0 Å². The molecule has 344 valence electrons. The number of hydrogen-bond donors (Lipinski definition) is 0. The van der Waals surface area contributed by atoms with Crippen LogP contribution < -0.4 is 20.8 Å². The Labute approximate surface area is 418 Å². The topological polar surface area (TPSA) is 38.9 Å². The summed E-state index contributed by atoms with van der Waals surface area (Å²) in [6, 6.07) is 66.7. The van der Waals surface area contributed by atoms with Crippen molar-refractivity contribution in [1.82, 2.24) is 19.1 Å². The molecular weight excluding hydrogens is 902 g/mol. The van der Waals surface area contributed by atoms with Gasteiger partial charge in [-0.25, -0.2) is 4.98 Å². The lowest BCUT2D eigenvalue weighted by Crippen LogP contribution is -2.34. The second-order valence-electron chi connectivity index (χ2n) is 20.3. The van der Waals surface area contributed by atoms with E-state index in [0.717, 1.165) is 17.2 Å². The Balaban J connectivity index is 0.974. The van der Waals surface area contributed by atoms with Crippen LogP contribution >= 0.6 is 19.3 Å². The van der Waals surface area contributed by atoms with Crippen LogP contribution in [0.25, 0.3) is 75.3 Å². The lowest BCUT2D eigenvalue weighted by molar-refractivity contribution is 0.444. The molecule has 2 aliphatic carbocycles. The van der Waals surface area contributed by atoms with Crippen LogP contribution in [0.1, 0.15) is 87.2 Å². The van der Waals surface area contributed by atoms with Crippen LogP contribution in [0.15, 0.2) is 182 Å². The summed E-state index contributed by atoms with van der Waals surface area (Å²) in [4.78, 5) is 13.1. The highest BCUT2D eigenvalue weighted by atomic mass is 32.1. The van der Waals surface area contributed by atoms with Crippen LogP contribution in [0.5, 0.6) is 0 Å². The van der Waals surface area contributed by atoms with Gasteiger partial charge in [0, 0.05) is 64.2 Å². The van der Waals surface area contributed by atoms with Gasteiger partial charge in [0.1, 0.15) is 5.82 Å². The molecule has 2 saturated carbocycles. The van der Waals surface area contributed by atoms with Crippen molar-refractivity contribution in [2.75, 3.05) is 4.90 Å². The number of anilines is 3. The highest BCUT2D eigenvalue weighted by Gasteiger charge is 2.34. The molecule has 5 nitrogen and oxygen atoms in total. The summed E-state index contributed by atoms with van der Waals surface area (Å²) in [7, 11) is -0.787. The molecule has 2 fully saturated rings. The predicted octanol–water partition coefficient (Wildman–Crippen LogP) is 16.7. The quantitative estimate of drug-likeness (QED) is 0.156. The molecule has 0 saturated heterocycles. The normalized spacial score (nSPS) is 16.0. The van der Waals surface area contributed by atoms with E-state index in [1.807, 2.05) is 17.5 Å². The van der Waals surface area contributed by atoms with Crippen LogP contribution in [0.4, 0.5) is 17.3 Å². The van der Waals surface area contributed by atoms with Gasteiger partial charge in [0.05, 0.1) is 33.4 Å². The molecule has 15 rings (SSSR count). The average molecular weight is 954 g/mol. The number of benzene rings is 8. The Kier molecular flexibility index (Phi) is 9.83. The molecule has 0 amide bonds. The van der Waals surface area contributed by atoms with E-state index in [1.165, 1.54) is 161 Å². The number of fused-ring (bicyclic) bond motifs is 11. The van der Waals surface area contributed by atoms with Crippen molar-refractivity contribution < 1.29 is 0 Å². The summed E-state index contributed by atoms with van der Waals surface area (Å²) in [5, 5.41) is 11.8. The molecule has 4 aromatic heterocycles. The fourth-order valence-electron chi connectivity index (χ4n) is 12.9. The molecule has 1 aliphatic heterocycles. The zero-order valence-corrected chi connectivity index (χ0v) is 41.3. The molecule has 12 aromatic rings. The van der Waals surface area contributed by atoms with E-state index < -0.39 is 7.92 Å². The Morgan fingerprint density at radius 3 is 1.68 bits per heavy atom. The molecule has 3 aliphatic rings. The standard InChI is InChI=1S/C64H52N5PS/c1-4-16-41(17-5-1)43-28-32-53-49(36-43)51-40-58-52(39-57(51)67(53)45-30-31-48-47-22-10-15-27-61(47)71-62(48)38-45)50-37-44(42-18-6-2-7-19-42)29-33-54(50)68(58)63-34-35-65-64(66-63)69-55-23-11-13-25-59(55)70(46-20-8-3-9-21-46)60-26-14-12-24-56(60)69/h3,8-15,20-42H,1-2,4-7,16-19H2. The van der Waals surface area contributed by atoms with E-state index in [9.17, 15) is 0 Å². The summed E-state index contributed by atoms with van der Waals surface area (Å²) in [5.74, 6) is 2.72. The molecule has 0 spiro atoms. The maximum Gasteiger partial charge on any atom is 0.236 e. The third-order valence-electron chi connectivity index (χ3n) is 16.3. The zero-order chi connectivity index (χ0) is 46.6. The van der Waals surface area contributed by atoms with Crippen molar-refractivity contribution in [1.29, 1.82) is 0 Å². The van der Waals surface area contributed by atoms with Gasteiger partial charge in [-0.15, -0.1) is 11.3 Å². The first-order chi connectivity index (χ1) is 35.2. The maximum atomic E-state index is 5.65. The van der Waals surface area contributed by atoms with Crippen molar-refractivity contribution in [3.8, 4) is 11.5 Å². The average Bonchev–Trinajstić information content (AvgIpc) is 4.08. The Morgan fingerprint density at radius 2 is 1.00 bits per heavy atom. The second kappa shape index (κ2) is 16.8. The van der Waals surface area contributed by atoms with Crippen molar-refractivity contribution in [2.24, 2.45) is 0 Å². The summed E-state index contributed by atoms with van der Waals surface area (Å²) in [6.45, 7) is 0. The molecule has 71 heavy (non-hydrogen) atoms. The lowest BCUT2D eigenvalue weighted by atomic mass is 9.83. The van der Waals surface area contributed by atoms with Crippen molar-refractivity contribution in [3.05, 3.63) is 193 Å². The minimum atomic E-state index is -0.787. The van der Waals surface area contributed by atoms with Crippen LogP contribution in [-0.4, -0.2) is 19.1 Å². The van der Waals surface area contributed by atoms with E-state index in [2.05, 4.69) is 190 Å². The number of hydrogen-bond acceptors (Lipinski definition) is 4. The van der Waals surface area contributed by atoms with Gasteiger partial charge >= 0.3 is 0 Å². The van der Waals surface area contributed by atoms with E-state index in [1.54, 1.807) is 0 Å². The minimum absolute atomic E-state index is 0.583. The molecule has 0 atom stereocenters. The van der Waals surface area contributed by atoms with Gasteiger partial charge in [0.15, 0.2) is 0 Å². The number of thiophene rings is 1. The Bertz CT molecular complexity index is 4010. The molecule has 7 heteroatoms. The highest BCUT2D eigenvalue weighted by Crippen LogP contribution is 2.49. The number of nitrogens with zero attached hydrogens (tertiary/aromatic N) is 5. The van der Waals surface area contributed by atoms with Gasteiger partial charge in [-0.3, -0.25) is 9.47 Å². The van der Waals surface area contributed by atoms with Gasteiger partial charge < -0.3 is 4.57 Å². The van der Waals surface area contributed by atoms with Crippen molar-refractivity contribution in [3.63, 3.8) is 0 Å². The number of aromatic nitrogens is 4. The van der Waals surface area contributed by atoms with Crippen molar-refractivity contribution in [2.45, 2.75) is 76.0 Å². The fourth-order valence-corrected chi connectivity index (χ4v) is 16.6. The molecule has 0 bridgehead atoms. The first-order valence-corrected chi connectivity index (χ1v) is 28.0. The van der Waals surface area contributed by atoms with Gasteiger partial charge in [-0.1, -0.05) is 142 Å². The maximum absolute atomic E-state index is 5.65. The predicted molar refractivity (Wildman–Crippen MR) is 302 cm³/mol. The van der Waals surface area contributed by atoms with Gasteiger partial charge in [0.2, 0.25) is 5.95 Å². The fraction of sp³-hybridized carbons (Fsp3) is 0.188. The summed E-state index contributed by atoms with van der Waals surface area (Å²) in [6.07, 6.45) is 14.9. The van der Waals surface area contributed by atoms with Crippen LogP contribution in [-0.2, 0) is 0 Å².